The molecule has 10 heavy (non-hydrogen) atoms. The molecule has 0 saturated heterocycles. The fourth-order valence-corrected chi connectivity index (χ4v) is 1.74. The Morgan fingerprint density at radius 3 is 1.40 bits per heavy atom. The lowest BCUT2D eigenvalue weighted by Gasteiger charge is -2.29. The molecule has 0 aromatic carbocycles. The monoisotopic (exact) mass is 354 g/mol. The molecule has 62 valence electrons. The van der Waals surface area contributed by atoms with Crippen molar-refractivity contribution in [3.63, 3.8) is 0 Å². The van der Waals surface area contributed by atoms with E-state index in [2.05, 4.69) is 0 Å². The Labute approximate surface area is 98.6 Å². The third-order valence-electron chi connectivity index (χ3n) is 0.878. The molecule has 0 aromatic heterocycles. The highest BCUT2D eigenvalue weighted by Gasteiger charge is 2.48. The lowest BCUT2D eigenvalue weighted by atomic mass is 10.3. The van der Waals surface area contributed by atoms with Crippen molar-refractivity contribution in [2.45, 2.75) is 19.0 Å². The summed E-state index contributed by atoms with van der Waals surface area (Å²) in [5.74, 6) is 0. The van der Waals surface area contributed by atoms with Crippen molar-refractivity contribution in [1.82, 2.24) is 0 Å². The van der Waals surface area contributed by atoms with E-state index in [1.54, 1.807) is 6.92 Å². The minimum atomic E-state index is -1.64. The molecule has 1 atom stereocenters. The highest BCUT2D eigenvalue weighted by molar-refractivity contribution is 14.1. The van der Waals surface area contributed by atoms with Crippen LogP contribution >= 0.6 is 80.6 Å². The first-order valence-electron chi connectivity index (χ1n) is 2.28. The first-order valence-corrected chi connectivity index (χ1v) is 5.41. The van der Waals surface area contributed by atoms with E-state index in [1.165, 1.54) is 0 Å². The topological polar surface area (TPSA) is 0 Å². The van der Waals surface area contributed by atoms with Crippen LogP contribution in [0.2, 0.25) is 0 Å². The van der Waals surface area contributed by atoms with Crippen LogP contribution in [0.4, 0.5) is 0 Å². The third kappa shape index (κ3) is 2.91. The average molecular weight is 356 g/mol. The van der Waals surface area contributed by atoms with Gasteiger partial charge in [0, 0.05) is 3.92 Å². The van der Waals surface area contributed by atoms with E-state index in [-0.39, 0.29) is 3.92 Å². The van der Waals surface area contributed by atoms with Gasteiger partial charge in [0.15, 0.2) is 4.33 Å². The average Bonchev–Trinajstić information content (AvgIpc) is 1.62. The van der Waals surface area contributed by atoms with Crippen molar-refractivity contribution in [3.05, 3.63) is 0 Å². The minimum absolute atomic E-state index is 0.138. The second-order valence-corrected chi connectivity index (χ2v) is 7.27. The van der Waals surface area contributed by atoms with E-state index >= 15 is 0 Å². The molecule has 1 unspecified atom stereocenters. The van der Waals surface area contributed by atoms with Crippen LogP contribution in [-0.2, 0) is 0 Å². The van der Waals surface area contributed by atoms with Crippen LogP contribution in [0.25, 0.3) is 0 Å². The first-order chi connectivity index (χ1) is 4.19. The standard InChI is InChI=1S/C4H4Cl5I/c1-2(10)3(5,6)4(7,8)9/h2H,1H3. The van der Waals surface area contributed by atoms with E-state index in [9.17, 15) is 0 Å². The van der Waals surface area contributed by atoms with E-state index in [1.807, 2.05) is 22.6 Å². The van der Waals surface area contributed by atoms with Crippen molar-refractivity contribution >= 4 is 80.6 Å². The number of halogens is 6. The molecule has 0 radical (unpaired) electrons. The maximum Gasteiger partial charge on any atom is 0.224 e. The summed E-state index contributed by atoms with van der Waals surface area (Å²) in [4.78, 5) is 0. The number of rotatable bonds is 1. The van der Waals surface area contributed by atoms with Crippen LogP contribution in [0.5, 0.6) is 0 Å². The molecular weight excluding hydrogens is 352 g/mol. The van der Waals surface area contributed by atoms with Gasteiger partial charge in [0.2, 0.25) is 3.79 Å². The van der Waals surface area contributed by atoms with Gasteiger partial charge in [-0.15, -0.1) is 0 Å². The highest BCUT2D eigenvalue weighted by atomic mass is 127. The van der Waals surface area contributed by atoms with Gasteiger partial charge in [-0.3, -0.25) is 0 Å². The van der Waals surface area contributed by atoms with Gasteiger partial charge >= 0.3 is 0 Å². The molecule has 0 aliphatic rings. The molecule has 0 nitrogen and oxygen atoms in total. The molecule has 0 spiro atoms. The smallest absolute Gasteiger partial charge is 0.0957 e. The SMILES string of the molecule is CC(I)C(Cl)(Cl)C(Cl)(Cl)Cl. The molecule has 0 N–H and O–H groups in total. The van der Waals surface area contributed by atoms with Crippen molar-refractivity contribution in [2.24, 2.45) is 0 Å². The third-order valence-corrected chi connectivity index (χ3v) is 5.24. The maximum absolute atomic E-state index is 5.71. The Kier molecular flexibility index (Phi) is 4.78. The summed E-state index contributed by atoms with van der Waals surface area (Å²) in [6.07, 6.45) is 0. The van der Waals surface area contributed by atoms with Gasteiger partial charge in [-0.2, -0.15) is 0 Å². The van der Waals surface area contributed by atoms with E-state index in [4.69, 9.17) is 58.0 Å². The molecule has 0 heterocycles. The molecule has 0 amide bonds. The predicted molar refractivity (Wildman–Crippen MR) is 58.2 cm³/mol. The Hall–Kier alpha value is 2.18. The maximum atomic E-state index is 5.71. The summed E-state index contributed by atoms with van der Waals surface area (Å²) >= 11 is 29.9. The Morgan fingerprint density at radius 2 is 1.40 bits per heavy atom. The van der Waals surface area contributed by atoms with E-state index in [0.29, 0.717) is 0 Å². The van der Waals surface area contributed by atoms with Crippen molar-refractivity contribution in [3.8, 4) is 0 Å². The van der Waals surface area contributed by atoms with Crippen LogP contribution in [0.3, 0.4) is 0 Å². The van der Waals surface area contributed by atoms with Crippen molar-refractivity contribution < 1.29 is 0 Å². The van der Waals surface area contributed by atoms with E-state index < -0.39 is 8.13 Å². The Balaban J connectivity index is 4.40. The zero-order valence-electron chi connectivity index (χ0n) is 4.85. The van der Waals surface area contributed by atoms with E-state index in [0.717, 1.165) is 0 Å². The fraction of sp³-hybridized carbons (Fsp3) is 1.00. The summed E-state index contributed by atoms with van der Waals surface area (Å²) in [7, 11) is 0. The zero-order valence-corrected chi connectivity index (χ0v) is 10.8. The molecule has 0 aliphatic carbocycles. The summed E-state index contributed by atoms with van der Waals surface area (Å²) in [5, 5.41) is 0. The summed E-state index contributed by atoms with van der Waals surface area (Å²) in [5.41, 5.74) is 0. The summed E-state index contributed by atoms with van der Waals surface area (Å²) in [6.45, 7) is 1.77. The van der Waals surface area contributed by atoms with Gasteiger partial charge in [0.25, 0.3) is 0 Å². The van der Waals surface area contributed by atoms with Gasteiger partial charge in [-0.1, -0.05) is 87.5 Å². The van der Waals surface area contributed by atoms with Gasteiger partial charge in [0.1, 0.15) is 0 Å². The molecule has 0 rings (SSSR count). The molecule has 0 aromatic rings. The second-order valence-electron chi connectivity index (χ2n) is 1.74. The molecule has 0 saturated carbocycles. The molecule has 6 heteroatoms. The highest BCUT2D eigenvalue weighted by Crippen LogP contribution is 2.49. The quantitative estimate of drug-likeness (QED) is 0.484. The lowest BCUT2D eigenvalue weighted by molar-refractivity contribution is 0.801. The van der Waals surface area contributed by atoms with Gasteiger partial charge in [-0.25, -0.2) is 0 Å². The number of alkyl halides is 6. The Bertz CT molecular complexity index is 115. The second kappa shape index (κ2) is 3.93. The molecule has 0 bridgehead atoms. The van der Waals surface area contributed by atoms with Crippen LogP contribution in [-0.4, -0.2) is 12.1 Å². The summed E-state index contributed by atoms with van der Waals surface area (Å²) in [6, 6.07) is 0. The van der Waals surface area contributed by atoms with Crippen LogP contribution in [0, 0.1) is 0 Å². The normalized spacial score (nSPS) is 17.1. The first kappa shape index (κ1) is 12.2. The number of hydrogen-bond acceptors (Lipinski definition) is 0. The molecule has 0 fully saturated rings. The zero-order chi connectivity index (χ0) is 8.58. The largest absolute Gasteiger partial charge is 0.224 e. The molecular formula is C4H4Cl5I. The van der Waals surface area contributed by atoms with Crippen molar-refractivity contribution in [2.75, 3.05) is 0 Å². The van der Waals surface area contributed by atoms with Gasteiger partial charge < -0.3 is 0 Å². The van der Waals surface area contributed by atoms with Crippen LogP contribution in [0.1, 0.15) is 6.92 Å². The minimum Gasteiger partial charge on any atom is -0.0957 e. The van der Waals surface area contributed by atoms with Gasteiger partial charge in [0.05, 0.1) is 0 Å². The number of hydrogen-bond donors (Lipinski definition) is 0. The van der Waals surface area contributed by atoms with Gasteiger partial charge in [-0.05, 0) is 0 Å². The Morgan fingerprint density at radius 1 is 1.10 bits per heavy atom. The fourth-order valence-electron chi connectivity index (χ4n) is 0.226. The lowest BCUT2D eigenvalue weighted by Crippen LogP contribution is -2.38. The predicted octanol–water partition coefficient (Wildman–Crippen LogP) is 4.35. The van der Waals surface area contributed by atoms with Crippen LogP contribution < -0.4 is 0 Å². The molecule has 0 aliphatic heterocycles. The van der Waals surface area contributed by atoms with Crippen LogP contribution in [0.15, 0.2) is 0 Å². The van der Waals surface area contributed by atoms with Crippen molar-refractivity contribution in [1.29, 1.82) is 0 Å². The summed E-state index contributed by atoms with van der Waals surface area (Å²) < 4.78 is -3.12.